The summed E-state index contributed by atoms with van der Waals surface area (Å²) in [6.07, 6.45) is 5.58. The van der Waals surface area contributed by atoms with Gasteiger partial charge in [-0.2, -0.15) is 0 Å². The SMILES string of the molecule is COC(=O)N1CCCC(Nc2nc(-c3ccncc3)cc(=O)n2C)CC1. The van der Waals surface area contributed by atoms with E-state index in [1.54, 1.807) is 24.3 Å². The number of likely N-dealkylation sites (tertiary alicyclic amines) is 1. The summed E-state index contributed by atoms with van der Waals surface area (Å²) in [5, 5.41) is 3.38. The van der Waals surface area contributed by atoms with Gasteiger partial charge in [0.15, 0.2) is 0 Å². The van der Waals surface area contributed by atoms with Gasteiger partial charge >= 0.3 is 6.09 Å². The molecule has 2 aromatic heterocycles. The number of aromatic nitrogens is 3. The van der Waals surface area contributed by atoms with Crippen LogP contribution in [0.1, 0.15) is 19.3 Å². The van der Waals surface area contributed by atoms with E-state index in [0.29, 0.717) is 24.7 Å². The van der Waals surface area contributed by atoms with Gasteiger partial charge in [-0.3, -0.25) is 14.3 Å². The van der Waals surface area contributed by atoms with E-state index in [0.717, 1.165) is 24.8 Å². The number of carbonyl (C=O) groups is 1. The van der Waals surface area contributed by atoms with E-state index in [4.69, 9.17) is 4.74 Å². The number of methoxy groups -OCH3 is 1. The molecule has 3 heterocycles. The van der Waals surface area contributed by atoms with E-state index in [-0.39, 0.29) is 17.7 Å². The first-order valence-electron chi connectivity index (χ1n) is 8.66. The van der Waals surface area contributed by atoms with Gasteiger partial charge in [0.25, 0.3) is 5.56 Å². The topological polar surface area (TPSA) is 89.3 Å². The van der Waals surface area contributed by atoms with Gasteiger partial charge in [-0.1, -0.05) is 0 Å². The van der Waals surface area contributed by atoms with Gasteiger partial charge in [0, 0.05) is 50.2 Å². The first-order chi connectivity index (χ1) is 12.6. The molecule has 8 nitrogen and oxygen atoms in total. The van der Waals surface area contributed by atoms with Gasteiger partial charge in [-0.05, 0) is 31.4 Å². The predicted molar refractivity (Wildman–Crippen MR) is 97.9 cm³/mol. The molecule has 1 saturated heterocycles. The van der Waals surface area contributed by atoms with Crippen LogP contribution in [0.15, 0.2) is 35.4 Å². The second-order valence-electron chi connectivity index (χ2n) is 6.33. The number of rotatable bonds is 3. The summed E-state index contributed by atoms with van der Waals surface area (Å²) in [5.41, 5.74) is 1.33. The molecular formula is C18H23N5O3. The summed E-state index contributed by atoms with van der Waals surface area (Å²) < 4.78 is 6.31. The molecule has 0 aromatic carbocycles. The van der Waals surface area contributed by atoms with Gasteiger partial charge in [0.05, 0.1) is 12.8 Å². The molecule has 1 N–H and O–H groups in total. The van der Waals surface area contributed by atoms with Crippen LogP contribution in [-0.4, -0.2) is 51.8 Å². The summed E-state index contributed by atoms with van der Waals surface area (Å²) in [5.74, 6) is 0.529. The number of hydrogen-bond donors (Lipinski definition) is 1. The van der Waals surface area contributed by atoms with Gasteiger partial charge in [0.2, 0.25) is 5.95 Å². The van der Waals surface area contributed by atoms with Crippen molar-refractivity contribution in [1.82, 2.24) is 19.4 Å². The third kappa shape index (κ3) is 4.01. The van der Waals surface area contributed by atoms with Gasteiger partial charge in [-0.25, -0.2) is 9.78 Å². The molecule has 2 aromatic rings. The molecule has 0 spiro atoms. The van der Waals surface area contributed by atoms with E-state index in [9.17, 15) is 9.59 Å². The first kappa shape index (κ1) is 17.9. The van der Waals surface area contributed by atoms with Crippen molar-refractivity contribution >= 4 is 12.0 Å². The maximum absolute atomic E-state index is 12.3. The Bertz CT molecular complexity index is 821. The van der Waals surface area contributed by atoms with Crippen molar-refractivity contribution < 1.29 is 9.53 Å². The summed E-state index contributed by atoms with van der Waals surface area (Å²) in [4.78, 5) is 34.4. The molecule has 1 unspecified atom stereocenters. The third-order valence-corrected chi connectivity index (χ3v) is 4.61. The van der Waals surface area contributed by atoms with Crippen molar-refractivity contribution in [2.75, 3.05) is 25.5 Å². The summed E-state index contributed by atoms with van der Waals surface area (Å²) in [7, 11) is 3.10. The average Bonchev–Trinajstić information content (AvgIpc) is 2.91. The Hall–Kier alpha value is -2.90. The molecule has 1 aliphatic heterocycles. The highest BCUT2D eigenvalue weighted by molar-refractivity contribution is 5.67. The number of pyridine rings is 1. The largest absolute Gasteiger partial charge is 0.453 e. The zero-order chi connectivity index (χ0) is 18.5. The lowest BCUT2D eigenvalue weighted by Crippen LogP contribution is -2.33. The molecule has 1 fully saturated rings. The molecule has 1 amide bonds. The zero-order valence-electron chi connectivity index (χ0n) is 15.0. The Morgan fingerprint density at radius 3 is 2.77 bits per heavy atom. The Balaban J connectivity index is 1.78. The van der Waals surface area contributed by atoms with Crippen LogP contribution in [0.2, 0.25) is 0 Å². The Labute approximate surface area is 151 Å². The van der Waals surface area contributed by atoms with Crippen molar-refractivity contribution in [3.8, 4) is 11.3 Å². The van der Waals surface area contributed by atoms with Crippen LogP contribution >= 0.6 is 0 Å². The lowest BCUT2D eigenvalue weighted by atomic mass is 10.1. The van der Waals surface area contributed by atoms with Crippen molar-refractivity contribution in [2.45, 2.75) is 25.3 Å². The zero-order valence-corrected chi connectivity index (χ0v) is 15.0. The molecule has 3 rings (SSSR count). The molecule has 0 aliphatic carbocycles. The van der Waals surface area contributed by atoms with E-state index >= 15 is 0 Å². The van der Waals surface area contributed by atoms with E-state index in [2.05, 4.69) is 15.3 Å². The van der Waals surface area contributed by atoms with E-state index < -0.39 is 0 Å². The van der Waals surface area contributed by atoms with Crippen LogP contribution in [0.4, 0.5) is 10.7 Å². The molecule has 0 radical (unpaired) electrons. The van der Waals surface area contributed by atoms with Crippen molar-refractivity contribution in [2.24, 2.45) is 7.05 Å². The molecule has 0 bridgehead atoms. The summed E-state index contributed by atoms with van der Waals surface area (Å²) >= 11 is 0. The van der Waals surface area contributed by atoms with Crippen LogP contribution in [0.25, 0.3) is 11.3 Å². The minimum atomic E-state index is -0.296. The number of anilines is 1. The number of nitrogens with zero attached hydrogens (tertiary/aromatic N) is 4. The standard InChI is InChI=1S/C18H23N5O3/c1-22-16(24)12-15(13-5-8-19-9-6-13)21-17(22)20-14-4-3-10-23(11-7-14)18(25)26-2/h5-6,8-9,12,14H,3-4,7,10-11H2,1-2H3,(H,20,21). The smallest absolute Gasteiger partial charge is 0.409 e. The normalized spacial score (nSPS) is 17.5. The highest BCUT2D eigenvalue weighted by atomic mass is 16.5. The average molecular weight is 357 g/mol. The Kier molecular flexibility index (Phi) is 5.50. The van der Waals surface area contributed by atoms with Crippen LogP contribution < -0.4 is 10.9 Å². The molecule has 1 aliphatic rings. The molecule has 138 valence electrons. The fourth-order valence-corrected chi connectivity index (χ4v) is 3.07. The van der Waals surface area contributed by atoms with Gasteiger partial charge in [-0.15, -0.1) is 0 Å². The quantitative estimate of drug-likeness (QED) is 0.902. The minimum absolute atomic E-state index is 0.126. The molecule has 8 heteroatoms. The number of nitrogens with one attached hydrogen (secondary N) is 1. The van der Waals surface area contributed by atoms with Crippen LogP contribution in [0, 0.1) is 0 Å². The highest BCUT2D eigenvalue weighted by Crippen LogP contribution is 2.19. The van der Waals surface area contributed by atoms with Crippen molar-refractivity contribution in [1.29, 1.82) is 0 Å². The second kappa shape index (κ2) is 7.99. The second-order valence-corrected chi connectivity index (χ2v) is 6.33. The van der Waals surface area contributed by atoms with E-state index in [1.165, 1.54) is 17.7 Å². The van der Waals surface area contributed by atoms with Crippen molar-refractivity contribution in [3.05, 3.63) is 40.9 Å². The number of amides is 1. The molecular weight excluding hydrogens is 334 g/mol. The van der Waals surface area contributed by atoms with Crippen LogP contribution in [-0.2, 0) is 11.8 Å². The monoisotopic (exact) mass is 357 g/mol. The highest BCUT2D eigenvalue weighted by Gasteiger charge is 2.22. The maximum Gasteiger partial charge on any atom is 0.409 e. The Morgan fingerprint density at radius 2 is 2.04 bits per heavy atom. The number of ether oxygens (including phenoxy) is 1. The fourth-order valence-electron chi connectivity index (χ4n) is 3.07. The number of hydrogen-bond acceptors (Lipinski definition) is 6. The Morgan fingerprint density at radius 1 is 1.27 bits per heavy atom. The molecule has 1 atom stereocenters. The summed E-state index contributed by atoms with van der Waals surface area (Å²) in [6.45, 7) is 1.29. The maximum atomic E-state index is 12.3. The lowest BCUT2D eigenvalue weighted by Gasteiger charge is -2.20. The van der Waals surface area contributed by atoms with Crippen LogP contribution in [0.3, 0.4) is 0 Å². The van der Waals surface area contributed by atoms with Crippen molar-refractivity contribution in [3.63, 3.8) is 0 Å². The van der Waals surface area contributed by atoms with Gasteiger partial charge < -0.3 is 15.0 Å². The fraction of sp³-hybridized carbons (Fsp3) is 0.444. The number of carbonyl (C=O) groups excluding carboxylic acids is 1. The molecule has 26 heavy (non-hydrogen) atoms. The predicted octanol–water partition coefficient (Wildman–Crippen LogP) is 1.88. The third-order valence-electron chi connectivity index (χ3n) is 4.61. The van der Waals surface area contributed by atoms with E-state index in [1.807, 2.05) is 12.1 Å². The minimum Gasteiger partial charge on any atom is -0.453 e. The molecule has 0 saturated carbocycles. The van der Waals surface area contributed by atoms with Crippen LogP contribution in [0.5, 0.6) is 0 Å². The summed E-state index contributed by atoms with van der Waals surface area (Å²) in [6, 6.07) is 5.30. The lowest BCUT2D eigenvalue weighted by molar-refractivity contribution is 0.125. The first-order valence-corrected chi connectivity index (χ1v) is 8.66. The van der Waals surface area contributed by atoms with Gasteiger partial charge in [0.1, 0.15) is 0 Å².